The minimum atomic E-state index is -3.01. The Morgan fingerprint density at radius 3 is 2.57 bits per heavy atom. The van der Waals surface area contributed by atoms with E-state index in [1.165, 1.54) is 11.3 Å². The van der Waals surface area contributed by atoms with Crippen molar-refractivity contribution in [2.75, 3.05) is 56.8 Å². The van der Waals surface area contributed by atoms with Crippen molar-refractivity contribution in [3.63, 3.8) is 0 Å². The number of carbonyl (C=O) groups is 1. The summed E-state index contributed by atoms with van der Waals surface area (Å²) >= 11 is 0. The lowest BCUT2D eigenvalue weighted by atomic mass is 10.1. The lowest BCUT2D eigenvalue weighted by Gasteiger charge is -2.33. The summed E-state index contributed by atoms with van der Waals surface area (Å²) in [6, 6.07) is 7.74. The van der Waals surface area contributed by atoms with Crippen molar-refractivity contribution in [1.82, 2.24) is 9.80 Å². The molecular formula is C20H31N3O4S. The van der Waals surface area contributed by atoms with E-state index < -0.39 is 9.84 Å². The molecule has 2 atom stereocenters. The molecule has 2 unspecified atom stereocenters. The standard InChI is InChI=1S/C20H31N3O4S/c1-16(20(24)22(3)18-8-13-28(25,26)15-18)21(2)14-17-6-4-5-7-19(17)23-9-11-27-12-10-23/h4-7,16,18H,8-15H2,1-3H3. The highest BCUT2D eigenvalue weighted by atomic mass is 32.2. The molecule has 0 aliphatic carbocycles. The molecule has 0 aromatic heterocycles. The first-order chi connectivity index (χ1) is 13.3. The van der Waals surface area contributed by atoms with Crippen LogP contribution >= 0.6 is 0 Å². The Morgan fingerprint density at radius 2 is 1.93 bits per heavy atom. The summed E-state index contributed by atoms with van der Waals surface area (Å²) in [5, 5.41) is 0. The molecule has 156 valence electrons. The van der Waals surface area contributed by atoms with Crippen LogP contribution < -0.4 is 4.90 Å². The van der Waals surface area contributed by atoms with Gasteiger partial charge in [0.2, 0.25) is 5.91 Å². The molecule has 1 aromatic rings. The van der Waals surface area contributed by atoms with Crippen LogP contribution in [0.1, 0.15) is 18.9 Å². The first-order valence-electron chi connectivity index (χ1n) is 9.86. The molecule has 0 bridgehead atoms. The lowest BCUT2D eigenvalue weighted by molar-refractivity contribution is -0.136. The lowest BCUT2D eigenvalue weighted by Crippen LogP contribution is -2.48. The molecule has 0 saturated carbocycles. The van der Waals surface area contributed by atoms with Gasteiger partial charge in [0.15, 0.2) is 9.84 Å². The molecule has 0 spiro atoms. The Kier molecular flexibility index (Phi) is 6.62. The molecule has 3 rings (SSSR count). The van der Waals surface area contributed by atoms with E-state index >= 15 is 0 Å². The predicted octanol–water partition coefficient (Wildman–Crippen LogP) is 0.989. The molecule has 1 amide bonds. The van der Waals surface area contributed by atoms with Crippen LogP contribution in [0.4, 0.5) is 5.69 Å². The fraction of sp³-hybridized carbons (Fsp3) is 0.650. The second kappa shape index (κ2) is 8.80. The third-order valence-corrected chi connectivity index (χ3v) is 7.64. The molecule has 7 nitrogen and oxygen atoms in total. The molecule has 2 heterocycles. The minimum absolute atomic E-state index is 0.0338. The van der Waals surface area contributed by atoms with E-state index in [1.54, 1.807) is 11.9 Å². The Bertz CT molecular complexity index is 792. The molecule has 2 aliphatic heterocycles. The topological polar surface area (TPSA) is 70.2 Å². The summed E-state index contributed by atoms with van der Waals surface area (Å²) in [5.74, 6) is 0.214. The number of benzene rings is 1. The van der Waals surface area contributed by atoms with Crippen molar-refractivity contribution in [1.29, 1.82) is 0 Å². The van der Waals surface area contributed by atoms with E-state index in [0.29, 0.717) is 13.0 Å². The van der Waals surface area contributed by atoms with Gasteiger partial charge in [0, 0.05) is 38.4 Å². The van der Waals surface area contributed by atoms with Gasteiger partial charge in [-0.3, -0.25) is 9.69 Å². The van der Waals surface area contributed by atoms with Crippen molar-refractivity contribution in [3.8, 4) is 0 Å². The minimum Gasteiger partial charge on any atom is -0.378 e. The summed E-state index contributed by atoms with van der Waals surface area (Å²) in [7, 11) is 0.655. The Hall–Kier alpha value is -1.64. The number of amides is 1. The first kappa shape index (κ1) is 21.1. The second-order valence-electron chi connectivity index (χ2n) is 7.83. The van der Waals surface area contributed by atoms with Crippen LogP contribution in [0.25, 0.3) is 0 Å². The summed E-state index contributed by atoms with van der Waals surface area (Å²) < 4.78 is 28.9. The van der Waals surface area contributed by atoms with Gasteiger partial charge in [-0.1, -0.05) is 18.2 Å². The fourth-order valence-electron chi connectivity index (χ4n) is 3.91. The highest BCUT2D eigenvalue weighted by molar-refractivity contribution is 7.91. The average Bonchev–Trinajstić information content (AvgIpc) is 3.07. The van der Waals surface area contributed by atoms with E-state index in [1.807, 2.05) is 31.0 Å². The van der Waals surface area contributed by atoms with Crippen LogP contribution in [0.2, 0.25) is 0 Å². The first-order valence-corrected chi connectivity index (χ1v) is 11.7. The number of anilines is 1. The number of carbonyl (C=O) groups excluding carboxylic acids is 1. The van der Waals surface area contributed by atoms with Crippen molar-refractivity contribution < 1.29 is 17.9 Å². The van der Waals surface area contributed by atoms with Crippen molar-refractivity contribution in [2.45, 2.75) is 32.0 Å². The summed E-state index contributed by atoms with van der Waals surface area (Å²) in [4.78, 5) is 18.9. The number of ether oxygens (including phenoxy) is 1. The van der Waals surface area contributed by atoms with Crippen LogP contribution in [0, 0.1) is 0 Å². The normalized spacial score (nSPS) is 23.0. The van der Waals surface area contributed by atoms with Crippen LogP contribution in [-0.4, -0.2) is 88.1 Å². The van der Waals surface area contributed by atoms with Crippen LogP contribution in [0.15, 0.2) is 24.3 Å². The number of likely N-dealkylation sites (N-methyl/N-ethyl adjacent to an activating group) is 2. The van der Waals surface area contributed by atoms with E-state index in [2.05, 4.69) is 17.0 Å². The molecule has 0 N–H and O–H groups in total. The Balaban J connectivity index is 1.65. The van der Waals surface area contributed by atoms with Gasteiger partial charge in [-0.25, -0.2) is 8.42 Å². The molecule has 8 heteroatoms. The Morgan fingerprint density at radius 1 is 1.25 bits per heavy atom. The zero-order valence-corrected chi connectivity index (χ0v) is 17.8. The number of morpholine rings is 1. The SMILES string of the molecule is CC(C(=O)N(C)C1CCS(=O)(=O)C1)N(C)Cc1ccccc1N1CCOCC1. The second-order valence-corrected chi connectivity index (χ2v) is 10.1. The van der Waals surface area contributed by atoms with Gasteiger partial charge >= 0.3 is 0 Å². The maximum Gasteiger partial charge on any atom is 0.239 e. The molecule has 2 saturated heterocycles. The molecule has 28 heavy (non-hydrogen) atoms. The van der Waals surface area contributed by atoms with E-state index in [-0.39, 0.29) is 29.5 Å². The molecule has 1 aromatic carbocycles. The monoisotopic (exact) mass is 409 g/mol. The van der Waals surface area contributed by atoms with Crippen LogP contribution in [0.3, 0.4) is 0 Å². The largest absolute Gasteiger partial charge is 0.378 e. The Labute approximate surface area is 168 Å². The smallest absolute Gasteiger partial charge is 0.239 e. The number of nitrogens with zero attached hydrogens (tertiary/aromatic N) is 3. The van der Waals surface area contributed by atoms with Gasteiger partial charge < -0.3 is 14.5 Å². The molecule has 0 radical (unpaired) electrons. The van der Waals surface area contributed by atoms with E-state index in [4.69, 9.17) is 4.74 Å². The van der Waals surface area contributed by atoms with Gasteiger partial charge in [-0.2, -0.15) is 0 Å². The average molecular weight is 410 g/mol. The van der Waals surface area contributed by atoms with Gasteiger partial charge in [0.1, 0.15) is 0 Å². The van der Waals surface area contributed by atoms with Crippen molar-refractivity contribution in [3.05, 3.63) is 29.8 Å². The van der Waals surface area contributed by atoms with Crippen LogP contribution in [-0.2, 0) is 25.9 Å². The van der Waals surface area contributed by atoms with Crippen molar-refractivity contribution in [2.24, 2.45) is 0 Å². The quantitative estimate of drug-likeness (QED) is 0.698. The van der Waals surface area contributed by atoms with Gasteiger partial charge in [-0.15, -0.1) is 0 Å². The zero-order chi connectivity index (χ0) is 20.3. The molecular weight excluding hydrogens is 378 g/mol. The van der Waals surface area contributed by atoms with E-state index in [9.17, 15) is 13.2 Å². The fourth-order valence-corrected chi connectivity index (χ4v) is 5.68. The van der Waals surface area contributed by atoms with Crippen molar-refractivity contribution >= 4 is 21.4 Å². The number of hydrogen-bond donors (Lipinski definition) is 0. The molecule has 2 aliphatic rings. The highest BCUT2D eigenvalue weighted by Crippen LogP contribution is 2.24. The zero-order valence-electron chi connectivity index (χ0n) is 17.0. The number of sulfone groups is 1. The van der Waals surface area contributed by atoms with Gasteiger partial charge in [-0.05, 0) is 32.0 Å². The third kappa shape index (κ3) is 4.85. The van der Waals surface area contributed by atoms with E-state index in [0.717, 1.165) is 26.3 Å². The summed E-state index contributed by atoms with van der Waals surface area (Å²) in [5.41, 5.74) is 2.37. The summed E-state index contributed by atoms with van der Waals surface area (Å²) in [6.45, 7) is 5.74. The maximum absolute atomic E-state index is 12.9. The van der Waals surface area contributed by atoms with Gasteiger partial charge in [0.25, 0.3) is 0 Å². The highest BCUT2D eigenvalue weighted by Gasteiger charge is 2.35. The van der Waals surface area contributed by atoms with Gasteiger partial charge in [0.05, 0.1) is 30.8 Å². The number of hydrogen-bond acceptors (Lipinski definition) is 6. The van der Waals surface area contributed by atoms with Crippen LogP contribution in [0.5, 0.6) is 0 Å². The maximum atomic E-state index is 12.9. The summed E-state index contributed by atoms with van der Waals surface area (Å²) in [6.07, 6.45) is 0.529. The molecule has 2 fully saturated rings. The third-order valence-electron chi connectivity index (χ3n) is 5.89. The number of rotatable bonds is 6. The predicted molar refractivity (Wildman–Crippen MR) is 110 cm³/mol. The number of para-hydroxylation sites is 1.